The highest BCUT2D eigenvalue weighted by atomic mass is 19.4. The van der Waals surface area contributed by atoms with Crippen molar-refractivity contribution >= 4 is 22.1 Å². The lowest BCUT2D eigenvalue weighted by molar-refractivity contribution is -0.137. The zero-order chi connectivity index (χ0) is 14.9. The minimum Gasteiger partial charge on any atom is -0.355 e. The Kier molecular flexibility index (Phi) is 3.29. The Hall–Kier alpha value is -2.49. The molecule has 0 aromatic heterocycles. The van der Waals surface area contributed by atoms with E-state index in [1.165, 1.54) is 6.07 Å². The van der Waals surface area contributed by atoms with Crippen LogP contribution in [0.15, 0.2) is 66.7 Å². The minimum absolute atomic E-state index is 0.418. The molecule has 0 spiro atoms. The van der Waals surface area contributed by atoms with Crippen molar-refractivity contribution in [1.82, 2.24) is 0 Å². The van der Waals surface area contributed by atoms with Gasteiger partial charge >= 0.3 is 6.18 Å². The second kappa shape index (κ2) is 5.13. The number of benzene rings is 3. The van der Waals surface area contributed by atoms with Crippen LogP contribution in [0.1, 0.15) is 5.56 Å². The number of fused-ring (bicyclic) bond motifs is 1. The van der Waals surface area contributed by atoms with Gasteiger partial charge in [0.1, 0.15) is 0 Å². The van der Waals surface area contributed by atoms with E-state index in [4.69, 9.17) is 0 Å². The zero-order valence-corrected chi connectivity index (χ0v) is 11.0. The number of hydrogen-bond acceptors (Lipinski definition) is 1. The lowest BCUT2D eigenvalue weighted by atomic mass is 10.1. The predicted octanol–water partition coefficient (Wildman–Crippen LogP) is 5.60. The van der Waals surface area contributed by atoms with Crippen LogP contribution in [0.2, 0.25) is 0 Å². The topological polar surface area (TPSA) is 12.0 Å². The average Bonchev–Trinajstić information content (AvgIpc) is 2.47. The van der Waals surface area contributed by atoms with Crippen molar-refractivity contribution < 1.29 is 13.2 Å². The summed E-state index contributed by atoms with van der Waals surface area (Å²) in [5.74, 6) is 0. The highest BCUT2D eigenvalue weighted by molar-refractivity contribution is 5.95. The lowest BCUT2D eigenvalue weighted by Crippen LogP contribution is -2.05. The third kappa shape index (κ3) is 2.84. The summed E-state index contributed by atoms with van der Waals surface area (Å²) < 4.78 is 38.2. The van der Waals surface area contributed by atoms with Crippen molar-refractivity contribution in [3.05, 3.63) is 72.3 Å². The smallest absolute Gasteiger partial charge is 0.355 e. The largest absolute Gasteiger partial charge is 0.416 e. The van der Waals surface area contributed by atoms with Crippen LogP contribution in [0.3, 0.4) is 0 Å². The Bertz CT molecular complexity index is 773. The fourth-order valence-corrected chi connectivity index (χ4v) is 2.26. The van der Waals surface area contributed by atoms with Gasteiger partial charge in [0.2, 0.25) is 0 Å². The molecule has 0 aliphatic carbocycles. The number of anilines is 2. The van der Waals surface area contributed by atoms with E-state index in [0.29, 0.717) is 5.69 Å². The summed E-state index contributed by atoms with van der Waals surface area (Å²) in [7, 11) is 0. The first-order valence-electron chi connectivity index (χ1n) is 6.46. The Morgan fingerprint density at radius 2 is 1.48 bits per heavy atom. The summed E-state index contributed by atoms with van der Waals surface area (Å²) >= 11 is 0. The van der Waals surface area contributed by atoms with Gasteiger partial charge in [-0.3, -0.25) is 0 Å². The quantitative estimate of drug-likeness (QED) is 0.646. The molecule has 1 N–H and O–H groups in total. The second-order valence-corrected chi connectivity index (χ2v) is 4.73. The highest BCUT2D eigenvalue weighted by Crippen LogP contribution is 2.32. The van der Waals surface area contributed by atoms with Crippen molar-refractivity contribution in [2.75, 3.05) is 5.32 Å². The molecule has 0 unspecified atom stereocenters. The molecular formula is C17H12F3N. The van der Waals surface area contributed by atoms with Gasteiger partial charge in [0.05, 0.1) is 5.56 Å². The standard InChI is InChI=1S/C17H12F3N/c18-17(19,20)13-7-4-8-14(11-13)21-16-10-3-6-12-5-1-2-9-15(12)16/h1-11,21H. The number of nitrogens with one attached hydrogen (secondary N) is 1. The van der Waals surface area contributed by atoms with E-state index < -0.39 is 11.7 Å². The molecule has 21 heavy (non-hydrogen) atoms. The van der Waals surface area contributed by atoms with E-state index in [9.17, 15) is 13.2 Å². The van der Waals surface area contributed by atoms with E-state index in [0.717, 1.165) is 28.6 Å². The molecule has 106 valence electrons. The van der Waals surface area contributed by atoms with Gasteiger partial charge in [-0.15, -0.1) is 0 Å². The van der Waals surface area contributed by atoms with Gasteiger partial charge in [0.15, 0.2) is 0 Å². The SMILES string of the molecule is FC(F)(F)c1cccc(Nc2cccc3ccccc23)c1. The molecule has 0 aliphatic heterocycles. The summed E-state index contributed by atoms with van der Waals surface area (Å²) in [5, 5.41) is 5.07. The number of hydrogen-bond donors (Lipinski definition) is 1. The van der Waals surface area contributed by atoms with Gasteiger partial charge < -0.3 is 5.32 Å². The molecule has 0 atom stereocenters. The van der Waals surface area contributed by atoms with Crippen molar-refractivity contribution in [3.63, 3.8) is 0 Å². The van der Waals surface area contributed by atoms with Crippen LogP contribution in [0.25, 0.3) is 10.8 Å². The van der Waals surface area contributed by atoms with Crippen LogP contribution in [0.4, 0.5) is 24.5 Å². The molecule has 3 aromatic rings. The molecule has 0 radical (unpaired) electrons. The molecule has 4 heteroatoms. The maximum atomic E-state index is 12.7. The maximum absolute atomic E-state index is 12.7. The van der Waals surface area contributed by atoms with Crippen molar-refractivity contribution in [2.24, 2.45) is 0 Å². The van der Waals surface area contributed by atoms with E-state index in [1.54, 1.807) is 6.07 Å². The summed E-state index contributed by atoms with van der Waals surface area (Å²) in [6.07, 6.45) is -4.34. The normalized spacial score (nSPS) is 11.6. The number of rotatable bonds is 2. The van der Waals surface area contributed by atoms with E-state index in [1.807, 2.05) is 42.5 Å². The molecule has 0 amide bonds. The fourth-order valence-electron chi connectivity index (χ4n) is 2.26. The first-order chi connectivity index (χ1) is 10.0. The third-order valence-corrected chi connectivity index (χ3v) is 3.26. The van der Waals surface area contributed by atoms with Crippen molar-refractivity contribution in [3.8, 4) is 0 Å². The zero-order valence-electron chi connectivity index (χ0n) is 11.0. The van der Waals surface area contributed by atoms with Crippen LogP contribution in [-0.4, -0.2) is 0 Å². The molecule has 0 fully saturated rings. The monoisotopic (exact) mass is 287 g/mol. The summed E-state index contributed by atoms with van der Waals surface area (Å²) in [5.41, 5.74) is 0.543. The van der Waals surface area contributed by atoms with Gasteiger partial charge in [-0.2, -0.15) is 13.2 Å². The van der Waals surface area contributed by atoms with Gasteiger partial charge in [0, 0.05) is 16.8 Å². The Morgan fingerprint density at radius 3 is 2.29 bits per heavy atom. The van der Waals surface area contributed by atoms with Gasteiger partial charge in [-0.25, -0.2) is 0 Å². The first-order valence-corrected chi connectivity index (χ1v) is 6.46. The first kappa shape index (κ1) is 13.5. The second-order valence-electron chi connectivity index (χ2n) is 4.73. The van der Waals surface area contributed by atoms with Crippen molar-refractivity contribution in [1.29, 1.82) is 0 Å². The summed E-state index contributed by atoms with van der Waals surface area (Å²) in [4.78, 5) is 0. The molecule has 0 heterocycles. The van der Waals surface area contributed by atoms with Crippen LogP contribution in [-0.2, 0) is 6.18 Å². The minimum atomic E-state index is -4.34. The Balaban J connectivity index is 1.99. The molecule has 0 bridgehead atoms. The number of halogens is 3. The van der Waals surface area contributed by atoms with E-state index >= 15 is 0 Å². The molecular weight excluding hydrogens is 275 g/mol. The predicted molar refractivity (Wildman–Crippen MR) is 78.7 cm³/mol. The third-order valence-electron chi connectivity index (χ3n) is 3.26. The molecule has 0 aliphatic rings. The molecule has 1 nitrogen and oxygen atoms in total. The van der Waals surface area contributed by atoms with Crippen LogP contribution in [0, 0.1) is 0 Å². The maximum Gasteiger partial charge on any atom is 0.416 e. The van der Waals surface area contributed by atoms with Gasteiger partial charge in [0.25, 0.3) is 0 Å². The summed E-state index contributed by atoms with van der Waals surface area (Å²) in [6.45, 7) is 0. The fraction of sp³-hybridized carbons (Fsp3) is 0.0588. The Morgan fingerprint density at radius 1 is 0.762 bits per heavy atom. The van der Waals surface area contributed by atoms with Crippen LogP contribution in [0.5, 0.6) is 0 Å². The molecule has 3 rings (SSSR count). The molecule has 3 aromatic carbocycles. The lowest BCUT2D eigenvalue weighted by Gasteiger charge is -2.12. The number of alkyl halides is 3. The van der Waals surface area contributed by atoms with Crippen LogP contribution < -0.4 is 5.32 Å². The van der Waals surface area contributed by atoms with E-state index in [2.05, 4.69) is 5.32 Å². The molecule has 0 saturated carbocycles. The van der Waals surface area contributed by atoms with Crippen LogP contribution >= 0.6 is 0 Å². The average molecular weight is 287 g/mol. The van der Waals surface area contributed by atoms with E-state index in [-0.39, 0.29) is 0 Å². The van der Waals surface area contributed by atoms with Crippen molar-refractivity contribution in [2.45, 2.75) is 6.18 Å². The van der Waals surface area contributed by atoms with Gasteiger partial charge in [-0.05, 0) is 29.7 Å². The van der Waals surface area contributed by atoms with Gasteiger partial charge in [-0.1, -0.05) is 42.5 Å². The highest BCUT2D eigenvalue weighted by Gasteiger charge is 2.30. The summed E-state index contributed by atoms with van der Waals surface area (Å²) in [6, 6.07) is 18.6. The Labute approximate surface area is 120 Å². The molecule has 0 saturated heterocycles.